The van der Waals surface area contributed by atoms with Crippen LogP contribution in [-0.2, 0) is 11.2 Å². The molecule has 0 aliphatic carbocycles. The fraction of sp³-hybridized carbons (Fsp3) is 0.500. The first-order valence-corrected chi connectivity index (χ1v) is 5.25. The highest BCUT2D eigenvalue weighted by Crippen LogP contribution is 2.02. The first-order chi connectivity index (χ1) is 7.11. The number of hydrogen-bond donors (Lipinski definition) is 0. The summed E-state index contributed by atoms with van der Waals surface area (Å²) in [6.07, 6.45) is 4.44. The molecule has 0 bridgehead atoms. The molecule has 0 aliphatic rings. The average molecular weight is 206 g/mol. The average Bonchev–Trinajstić information content (AvgIpc) is 2.26. The molecule has 1 rings (SSSR count). The molecule has 0 radical (unpaired) electrons. The Labute approximate surface area is 91.1 Å². The summed E-state index contributed by atoms with van der Waals surface area (Å²) in [4.78, 5) is 17.3. The van der Waals surface area contributed by atoms with Gasteiger partial charge >= 0.3 is 0 Å². The quantitative estimate of drug-likeness (QED) is 0.751. The zero-order chi connectivity index (χ0) is 11.3. The van der Waals surface area contributed by atoms with Crippen LogP contribution in [0.2, 0.25) is 0 Å². The Kier molecular flexibility index (Phi) is 4.28. The van der Waals surface area contributed by atoms with Crippen LogP contribution in [0.3, 0.4) is 0 Å². The molecule has 1 amide bonds. The number of amides is 1. The number of carbonyl (C=O) groups excluding carboxylic acids is 1. The third kappa shape index (κ3) is 3.70. The van der Waals surface area contributed by atoms with Crippen molar-refractivity contribution < 1.29 is 4.79 Å². The van der Waals surface area contributed by atoms with E-state index in [4.69, 9.17) is 0 Å². The summed E-state index contributed by atoms with van der Waals surface area (Å²) in [6, 6.07) is 3.96. The summed E-state index contributed by atoms with van der Waals surface area (Å²) < 4.78 is 0. The van der Waals surface area contributed by atoms with Crippen molar-refractivity contribution in [1.82, 2.24) is 9.88 Å². The zero-order valence-corrected chi connectivity index (χ0v) is 9.60. The van der Waals surface area contributed by atoms with Crippen LogP contribution in [0, 0.1) is 5.92 Å². The molecule has 3 nitrogen and oxygen atoms in total. The predicted molar refractivity (Wildman–Crippen MR) is 60.4 cm³/mol. The van der Waals surface area contributed by atoms with Gasteiger partial charge in [0.1, 0.15) is 0 Å². The first kappa shape index (κ1) is 11.7. The van der Waals surface area contributed by atoms with E-state index in [-0.39, 0.29) is 11.8 Å². The minimum atomic E-state index is 0.0763. The van der Waals surface area contributed by atoms with Crippen molar-refractivity contribution >= 4 is 5.91 Å². The molecule has 3 heteroatoms. The summed E-state index contributed by atoms with van der Waals surface area (Å²) in [5.41, 5.74) is 1.22. The normalized spacial score (nSPS) is 10.4. The van der Waals surface area contributed by atoms with Gasteiger partial charge in [-0.25, -0.2) is 0 Å². The Morgan fingerprint density at radius 1 is 1.40 bits per heavy atom. The SMILES string of the molecule is CC(C)C(=O)N(C)CCc1ccncc1. The lowest BCUT2D eigenvalue weighted by atomic mass is 10.1. The molecule has 0 aromatic carbocycles. The van der Waals surface area contributed by atoms with E-state index in [0.29, 0.717) is 0 Å². The molecular weight excluding hydrogens is 188 g/mol. The molecule has 82 valence electrons. The number of carbonyl (C=O) groups is 1. The maximum atomic E-state index is 11.6. The number of aromatic nitrogens is 1. The fourth-order valence-electron chi connectivity index (χ4n) is 1.40. The van der Waals surface area contributed by atoms with E-state index < -0.39 is 0 Å². The third-order valence-electron chi connectivity index (χ3n) is 2.36. The lowest BCUT2D eigenvalue weighted by Gasteiger charge is -2.19. The molecule has 0 saturated carbocycles. The molecule has 1 aromatic rings. The van der Waals surface area contributed by atoms with Crippen LogP contribution < -0.4 is 0 Å². The van der Waals surface area contributed by atoms with E-state index in [1.165, 1.54) is 5.56 Å². The van der Waals surface area contributed by atoms with E-state index in [2.05, 4.69) is 4.98 Å². The Bertz CT molecular complexity index is 309. The largest absolute Gasteiger partial charge is 0.345 e. The van der Waals surface area contributed by atoms with Gasteiger partial charge in [-0.1, -0.05) is 13.8 Å². The van der Waals surface area contributed by atoms with Crippen LogP contribution in [0.4, 0.5) is 0 Å². The Hall–Kier alpha value is -1.38. The van der Waals surface area contributed by atoms with E-state index in [0.717, 1.165) is 13.0 Å². The summed E-state index contributed by atoms with van der Waals surface area (Å²) in [6.45, 7) is 4.61. The van der Waals surface area contributed by atoms with Gasteiger partial charge in [0.25, 0.3) is 0 Å². The van der Waals surface area contributed by atoms with Gasteiger partial charge in [0.2, 0.25) is 5.91 Å². The third-order valence-corrected chi connectivity index (χ3v) is 2.36. The highest BCUT2D eigenvalue weighted by molar-refractivity contribution is 5.77. The van der Waals surface area contributed by atoms with E-state index in [1.54, 1.807) is 17.3 Å². The molecule has 0 saturated heterocycles. The van der Waals surface area contributed by atoms with E-state index >= 15 is 0 Å². The van der Waals surface area contributed by atoms with Gasteiger partial charge in [0, 0.05) is 31.9 Å². The van der Waals surface area contributed by atoms with E-state index in [9.17, 15) is 4.79 Å². The van der Waals surface area contributed by atoms with Crippen LogP contribution in [-0.4, -0.2) is 29.4 Å². The predicted octanol–water partition coefficient (Wildman–Crippen LogP) is 1.74. The molecule has 0 fully saturated rings. The van der Waals surface area contributed by atoms with Crippen molar-refractivity contribution in [2.45, 2.75) is 20.3 Å². The summed E-state index contributed by atoms with van der Waals surface area (Å²) in [5, 5.41) is 0. The molecule has 15 heavy (non-hydrogen) atoms. The topological polar surface area (TPSA) is 33.2 Å². The van der Waals surface area contributed by atoms with Crippen molar-refractivity contribution in [3.05, 3.63) is 30.1 Å². The smallest absolute Gasteiger partial charge is 0.224 e. The van der Waals surface area contributed by atoms with Gasteiger partial charge < -0.3 is 4.90 Å². The molecule has 1 heterocycles. The van der Waals surface area contributed by atoms with Gasteiger partial charge in [-0.05, 0) is 24.1 Å². The van der Waals surface area contributed by atoms with Gasteiger partial charge in [0.05, 0.1) is 0 Å². The van der Waals surface area contributed by atoms with Crippen molar-refractivity contribution in [3.8, 4) is 0 Å². The molecule has 0 spiro atoms. The minimum Gasteiger partial charge on any atom is -0.345 e. The summed E-state index contributed by atoms with van der Waals surface area (Å²) in [5.74, 6) is 0.275. The van der Waals surface area contributed by atoms with Crippen LogP contribution in [0.1, 0.15) is 19.4 Å². The zero-order valence-electron chi connectivity index (χ0n) is 9.60. The maximum Gasteiger partial charge on any atom is 0.224 e. The number of nitrogens with zero attached hydrogens (tertiary/aromatic N) is 2. The number of pyridine rings is 1. The molecule has 0 N–H and O–H groups in total. The minimum absolute atomic E-state index is 0.0763. The Morgan fingerprint density at radius 2 is 2.00 bits per heavy atom. The van der Waals surface area contributed by atoms with Gasteiger partial charge in [-0.3, -0.25) is 9.78 Å². The summed E-state index contributed by atoms with van der Waals surface area (Å²) in [7, 11) is 1.85. The number of hydrogen-bond acceptors (Lipinski definition) is 2. The standard InChI is InChI=1S/C12H18N2O/c1-10(2)12(15)14(3)9-6-11-4-7-13-8-5-11/h4-5,7-8,10H,6,9H2,1-3H3. The molecular formula is C12H18N2O. The number of likely N-dealkylation sites (N-methyl/N-ethyl adjacent to an activating group) is 1. The second-order valence-corrected chi connectivity index (χ2v) is 4.02. The number of rotatable bonds is 4. The van der Waals surface area contributed by atoms with Crippen LogP contribution in [0.15, 0.2) is 24.5 Å². The maximum absolute atomic E-state index is 11.6. The molecule has 0 unspecified atom stereocenters. The van der Waals surface area contributed by atoms with Gasteiger partial charge in [0.15, 0.2) is 0 Å². The summed E-state index contributed by atoms with van der Waals surface area (Å²) >= 11 is 0. The Morgan fingerprint density at radius 3 is 2.53 bits per heavy atom. The van der Waals surface area contributed by atoms with Crippen LogP contribution >= 0.6 is 0 Å². The van der Waals surface area contributed by atoms with Crippen LogP contribution in [0.5, 0.6) is 0 Å². The second kappa shape index (κ2) is 5.49. The Balaban J connectivity index is 2.41. The lowest BCUT2D eigenvalue weighted by Crippen LogP contribution is -2.32. The monoisotopic (exact) mass is 206 g/mol. The highest BCUT2D eigenvalue weighted by Gasteiger charge is 2.11. The van der Waals surface area contributed by atoms with Crippen LogP contribution in [0.25, 0.3) is 0 Å². The lowest BCUT2D eigenvalue weighted by molar-refractivity contribution is -0.133. The fourth-order valence-corrected chi connectivity index (χ4v) is 1.40. The van der Waals surface area contributed by atoms with Crippen molar-refractivity contribution in [2.24, 2.45) is 5.92 Å². The molecule has 1 aromatic heterocycles. The van der Waals surface area contributed by atoms with Gasteiger partial charge in [-0.15, -0.1) is 0 Å². The van der Waals surface area contributed by atoms with Gasteiger partial charge in [-0.2, -0.15) is 0 Å². The van der Waals surface area contributed by atoms with E-state index in [1.807, 2.05) is 33.0 Å². The molecule has 0 atom stereocenters. The molecule has 0 aliphatic heterocycles. The van der Waals surface area contributed by atoms with Crippen molar-refractivity contribution in [1.29, 1.82) is 0 Å². The second-order valence-electron chi connectivity index (χ2n) is 4.02. The van der Waals surface area contributed by atoms with Crippen molar-refractivity contribution in [3.63, 3.8) is 0 Å². The first-order valence-electron chi connectivity index (χ1n) is 5.25. The van der Waals surface area contributed by atoms with Crippen molar-refractivity contribution in [2.75, 3.05) is 13.6 Å². The highest BCUT2D eigenvalue weighted by atomic mass is 16.2.